The van der Waals surface area contributed by atoms with Gasteiger partial charge in [-0.15, -0.1) is 0 Å². The molecule has 1 aliphatic heterocycles. The van der Waals surface area contributed by atoms with Gasteiger partial charge in [0.1, 0.15) is 5.75 Å². The van der Waals surface area contributed by atoms with E-state index in [4.69, 9.17) is 4.74 Å². The number of amides is 1. The van der Waals surface area contributed by atoms with Gasteiger partial charge in [-0.25, -0.2) is 0 Å². The number of hydrogen-bond donors (Lipinski definition) is 1. The number of nitrogens with zero attached hydrogens (tertiary/aromatic N) is 1. The lowest BCUT2D eigenvalue weighted by Gasteiger charge is -2.34. The zero-order valence-electron chi connectivity index (χ0n) is 16.0. The number of likely N-dealkylation sites (tertiary alicyclic amines) is 1. The maximum absolute atomic E-state index is 12.4. The summed E-state index contributed by atoms with van der Waals surface area (Å²) in [6, 6.07) is 16.5. The van der Waals surface area contributed by atoms with Gasteiger partial charge in [0.05, 0.1) is 6.04 Å². The monoisotopic (exact) mass is 394 g/mol. The minimum Gasteiger partial charge on any atom is -0.484 e. The van der Waals surface area contributed by atoms with Crippen LogP contribution in [0, 0.1) is 0 Å². The van der Waals surface area contributed by atoms with Crippen molar-refractivity contribution in [1.82, 2.24) is 10.2 Å². The third-order valence-electron chi connectivity index (χ3n) is 5.34. The highest BCUT2D eigenvalue weighted by Gasteiger charge is 2.23. The molecule has 3 aromatic rings. The van der Waals surface area contributed by atoms with Crippen LogP contribution in [0.3, 0.4) is 0 Å². The first-order valence-corrected chi connectivity index (χ1v) is 10.9. The molecule has 0 bridgehead atoms. The number of rotatable bonds is 7. The van der Waals surface area contributed by atoms with E-state index in [2.05, 4.69) is 33.1 Å². The number of carbonyl (C=O) groups excluding carboxylic acids is 1. The van der Waals surface area contributed by atoms with E-state index < -0.39 is 0 Å². The molecular formula is C23H26N2O2S. The number of hydrogen-bond acceptors (Lipinski definition) is 4. The number of thiophene rings is 1. The van der Waals surface area contributed by atoms with Crippen molar-refractivity contribution in [1.29, 1.82) is 0 Å². The van der Waals surface area contributed by atoms with Crippen molar-refractivity contribution >= 4 is 28.0 Å². The van der Waals surface area contributed by atoms with Crippen molar-refractivity contribution in [2.45, 2.75) is 25.3 Å². The Hall–Kier alpha value is -2.37. The van der Waals surface area contributed by atoms with Gasteiger partial charge >= 0.3 is 0 Å². The SMILES string of the molecule is O=C(COc1ccc2ccccc2c1)NCC(c1ccsc1)N1CCCCC1. The molecule has 0 radical (unpaired) electrons. The molecule has 1 N–H and O–H groups in total. The van der Waals surface area contributed by atoms with E-state index in [0.29, 0.717) is 6.54 Å². The average Bonchev–Trinajstić information content (AvgIpc) is 3.27. The second kappa shape index (κ2) is 9.22. The van der Waals surface area contributed by atoms with Crippen LogP contribution in [0.25, 0.3) is 10.8 Å². The molecule has 4 nitrogen and oxygen atoms in total. The van der Waals surface area contributed by atoms with Gasteiger partial charge in [0.2, 0.25) is 0 Å². The molecule has 1 aliphatic rings. The molecule has 1 amide bonds. The molecule has 1 fully saturated rings. The summed E-state index contributed by atoms with van der Waals surface area (Å²) in [4.78, 5) is 14.9. The summed E-state index contributed by atoms with van der Waals surface area (Å²) in [5.41, 5.74) is 1.29. The van der Waals surface area contributed by atoms with Gasteiger partial charge in [0, 0.05) is 6.54 Å². The lowest BCUT2D eigenvalue weighted by Crippen LogP contribution is -2.41. The highest BCUT2D eigenvalue weighted by atomic mass is 32.1. The molecule has 0 spiro atoms. The molecule has 0 saturated carbocycles. The Labute approximate surface area is 170 Å². The van der Waals surface area contributed by atoms with Gasteiger partial charge in [-0.3, -0.25) is 9.69 Å². The van der Waals surface area contributed by atoms with Crippen LogP contribution in [-0.4, -0.2) is 37.0 Å². The van der Waals surface area contributed by atoms with Crippen LogP contribution in [-0.2, 0) is 4.79 Å². The average molecular weight is 395 g/mol. The molecule has 1 saturated heterocycles. The van der Waals surface area contributed by atoms with E-state index in [1.165, 1.54) is 30.2 Å². The molecule has 0 aliphatic carbocycles. The summed E-state index contributed by atoms with van der Waals surface area (Å²) >= 11 is 1.71. The van der Waals surface area contributed by atoms with E-state index in [1.807, 2.05) is 36.4 Å². The summed E-state index contributed by atoms with van der Waals surface area (Å²) in [5, 5.41) is 9.65. The summed E-state index contributed by atoms with van der Waals surface area (Å²) in [6.07, 6.45) is 3.78. The van der Waals surface area contributed by atoms with E-state index in [1.54, 1.807) is 11.3 Å². The standard InChI is InChI=1S/C23H26N2O2S/c26-23(16-27-21-9-8-18-6-2-3-7-19(18)14-21)24-15-22(20-10-13-28-17-20)25-11-4-1-5-12-25/h2-3,6-10,13-14,17,22H,1,4-5,11-12,15-16H2,(H,24,26). The number of piperidine rings is 1. The summed E-state index contributed by atoms with van der Waals surface area (Å²) in [5.74, 6) is 0.643. The zero-order chi connectivity index (χ0) is 19.2. The van der Waals surface area contributed by atoms with E-state index >= 15 is 0 Å². The predicted molar refractivity (Wildman–Crippen MR) is 115 cm³/mol. The minimum absolute atomic E-state index is 0.0364. The molecule has 5 heteroatoms. The topological polar surface area (TPSA) is 41.6 Å². The second-order valence-corrected chi connectivity index (χ2v) is 8.05. The molecule has 2 heterocycles. The van der Waals surface area contributed by atoms with Gasteiger partial charge in [-0.2, -0.15) is 11.3 Å². The number of fused-ring (bicyclic) bond motifs is 1. The fraction of sp³-hybridized carbons (Fsp3) is 0.348. The molecule has 4 rings (SSSR count). The molecular weight excluding hydrogens is 368 g/mol. The molecule has 1 aromatic heterocycles. The third kappa shape index (κ3) is 4.72. The maximum atomic E-state index is 12.4. The van der Waals surface area contributed by atoms with Crippen LogP contribution >= 0.6 is 11.3 Å². The largest absolute Gasteiger partial charge is 0.484 e. The number of benzene rings is 2. The Morgan fingerprint density at radius 3 is 2.68 bits per heavy atom. The summed E-state index contributed by atoms with van der Waals surface area (Å²) in [7, 11) is 0. The molecule has 2 aromatic carbocycles. The zero-order valence-corrected chi connectivity index (χ0v) is 16.8. The normalized spacial score (nSPS) is 16.0. The Bertz CT molecular complexity index is 904. The van der Waals surface area contributed by atoms with E-state index in [-0.39, 0.29) is 18.6 Å². The van der Waals surface area contributed by atoms with Crippen LogP contribution in [0.15, 0.2) is 59.3 Å². The van der Waals surface area contributed by atoms with Crippen molar-refractivity contribution in [2.24, 2.45) is 0 Å². The minimum atomic E-state index is -0.0783. The molecule has 1 atom stereocenters. The van der Waals surface area contributed by atoms with Gasteiger partial charge < -0.3 is 10.1 Å². The quantitative estimate of drug-likeness (QED) is 0.636. The Morgan fingerprint density at radius 1 is 1.07 bits per heavy atom. The van der Waals surface area contributed by atoms with Crippen LogP contribution in [0.1, 0.15) is 30.9 Å². The van der Waals surface area contributed by atoms with Crippen molar-refractivity contribution in [2.75, 3.05) is 26.2 Å². The van der Waals surface area contributed by atoms with Crippen LogP contribution in [0.2, 0.25) is 0 Å². The van der Waals surface area contributed by atoms with Crippen molar-refractivity contribution in [3.8, 4) is 5.75 Å². The van der Waals surface area contributed by atoms with Gasteiger partial charge in [-0.1, -0.05) is 36.8 Å². The Balaban J connectivity index is 1.32. The lowest BCUT2D eigenvalue weighted by atomic mass is 10.0. The number of carbonyl (C=O) groups is 1. The summed E-state index contributed by atoms with van der Waals surface area (Å²) < 4.78 is 5.72. The smallest absolute Gasteiger partial charge is 0.258 e. The Kier molecular flexibility index (Phi) is 6.24. The van der Waals surface area contributed by atoms with Gasteiger partial charge in [-0.05, 0) is 71.2 Å². The second-order valence-electron chi connectivity index (χ2n) is 7.27. The first kappa shape index (κ1) is 19.0. The highest BCUT2D eigenvalue weighted by Crippen LogP contribution is 2.26. The fourth-order valence-corrected chi connectivity index (χ4v) is 4.53. The first-order chi connectivity index (χ1) is 13.8. The molecule has 1 unspecified atom stereocenters. The van der Waals surface area contributed by atoms with Crippen molar-refractivity contribution in [3.05, 3.63) is 64.9 Å². The van der Waals surface area contributed by atoms with Crippen molar-refractivity contribution < 1.29 is 9.53 Å². The first-order valence-electron chi connectivity index (χ1n) is 9.94. The maximum Gasteiger partial charge on any atom is 0.258 e. The number of ether oxygens (including phenoxy) is 1. The summed E-state index contributed by atoms with van der Waals surface area (Å²) in [6.45, 7) is 2.86. The van der Waals surface area contributed by atoms with Crippen LogP contribution < -0.4 is 10.1 Å². The van der Waals surface area contributed by atoms with E-state index in [9.17, 15) is 4.79 Å². The van der Waals surface area contributed by atoms with Crippen LogP contribution in [0.4, 0.5) is 0 Å². The van der Waals surface area contributed by atoms with Gasteiger partial charge in [0.15, 0.2) is 6.61 Å². The number of nitrogens with one attached hydrogen (secondary N) is 1. The Morgan fingerprint density at radius 2 is 1.89 bits per heavy atom. The fourth-order valence-electron chi connectivity index (χ4n) is 3.82. The predicted octanol–water partition coefficient (Wildman–Crippen LogP) is 4.62. The molecule has 146 valence electrons. The third-order valence-corrected chi connectivity index (χ3v) is 6.04. The van der Waals surface area contributed by atoms with Crippen LogP contribution in [0.5, 0.6) is 5.75 Å². The lowest BCUT2D eigenvalue weighted by molar-refractivity contribution is -0.123. The van der Waals surface area contributed by atoms with E-state index in [0.717, 1.165) is 24.2 Å². The molecule has 28 heavy (non-hydrogen) atoms. The highest BCUT2D eigenvalue weighted by molar-refractivity contribution is 7.07. The van der Waals surface area contributed by atoms with Gasteiger partial charge in [0.25, 0.3) is 5.91 Å². The van der Waals surface area contributed by atoms with Crippen molar-refractivity contribution in [3.63, 3.8) is 0 Å².